The van der Waals surface area contributed by atoms with Crippen molar-refractivity contribution in [2.75, 3.05) is 43.8 Å². The number of nitrogens with one attached hydrogen (secondary N) is 2. The summed E-state index contributed by atoms with van der Waals surface area (Å²) in [6.07, 6.45) is 1.59. The fraction of sp³-hybridized carbons (Fsp3) is 0.611. The zero-order valence-electron chi connectivity index (χ0n) is 16.5. The summed E-state index contributed by atoms with van der Waals surface area (Å²) in [6, 6.07) is 0. The van der Waals surface area contributed by atoms with Crippen LogP contribution >= 0.6 is 23.1 Å². The third-order valence-corrected chi connectivity index (χ3v) is 6.84. The highest BCUT2D eigenvalue weighted by Gasteiger charge is 2.30. The number of rotatable bonds is 7. The monoisotopic (exact) mass is 439 g/mol. The Kier molecular flexibility index (Phi) is 7.25. The number of aryl methyl sites for hydroxylation is 2. The highest BCUT2D eigenvalue weighted by Crippen LogP contribution is 2.22. The molecule has 1 unspecified atom stereocenters. The average molecular weight is 440 g/mol. The van der Waals surface area contributed by atoms with Crippen LogP contribution in [0.1, 0.15) is 23.4 Å². The van der Waals surface area contributed by atoms with Crippen molar-refractivity contribution in [3.63, 3.8) is 0 Å². The smallest absolute Gasteiger partial charge is 0.288 e. The van der Waals surface area contributed by atoms with E-state index in [2.05, 4.69) is 15.6 Å². The van der Waals surface area contributed by atoms with Crippen LogP contribution in [-0.2, 0) is 14.4 Å². The molecule has 0 bridgehead atoms. The molecule has 1 atom stereocenters. The van der Waals surface area contributed by atoms with E-state index in [-0.39, 0.29) is 54.3 Å². The number of carbonyl (C=O) groups is 4. The lowest BCUT2D eigenvalue weighted by Gasteiger charge is -2.31. The van der Waals surface area contributed by atoms with Gasteiger partial charge in [-0.3, -0.25) is 29.0 Å². The van der Waals surface area contributed by atoms with E-state index in [4.69, 9.17) is 0 Å². The molecule has 4 amide bonds. The maximum absolute atomic E-state index is 12.5. The van der Waals surface area contributed by atoms with Crippen molar-refractivity contribution in [1.82, 2.24) is 20.1 Å². The van der Waals surface area contributed by atoms with Crippen LogP contribution in [0.15, 0.2) is 0 Å². The van der Waals surface area contributed by atoms with Crippen molar-refractivity contribution in [1.29, 1.82) is 0 Å². The van der Waals surface area contributed by atoms with E-state index in [0.717, 1.165) is 41.7 Å². The largest absolute Gasteiger partial charge is 0.354 e. The molecule has 0 saturated carbocycles. The average Bonchev–Trinajstić information content (AvgIpc) is 3.16. The molecule has 2 aliphatic heterocycles. The summed E-state index contributed by atoms with van der Waals surface area (Å²) in [4.78, 5) is 56.4. The van der Waals surface area contributed by atoms with E-state index < -0.39 is 0 Å². The summed E-state index contributed by atoms with van der Waals surface area (Å²) in [5.74, 6) is -0.488. The third-order valence-electron chi connectivity index (χ3n) is 4.99. The molecule has 3 heterocycles. The second kappa shape index (κ2) is 9.68. The number of hydrogen-bond acceptors (Lipinski definition) is 8. The van der Waals surface area contributed by atoms with E-state index in [1.54, 1.807) is 0 Å². The molecule has 1 aromatic rings. The van der Waals surface area contributed by atoms with Crippen LogP contribution in [0.5, 0.6) is 0 Å². The molecule has 11 heteroatoms. The van der Waals surface area contributed by atoms with Crippen molar-refractivity contribution < 1.29 is 19.2 Å². The molecule has 0 aliphatic carbocycles. The first kappa shape index (κ1) is 21.7. The summed E-state index contributed by atoms with van der Waals surface area (Å²) in [7, 11) is 0. The molecule has 9 nitrogen and oxygen atoms in total. The second-order valence-corrected chi connectivity index (χ2v) is 9.30. The van der Waals surface area contributed by atoms with Crippen LogP contribution in [0.2, 0.25) is 0 Å². The van der Waals surface area contributed by atoms with E-state index >= 15 is 0 Å². The maximum atomic E-state index is 12.5. The molecule has 3 rings (SSSR count). The van der Waals surface area contributed by atoms with Gasteiger partial charge in [0.25, 0.3) is 5.24 Å². The summed E-state index contributed by atoms with van der Waals surface area (Å²) >= 11 is 2.44. The Hall–Kier alpha value is -1.98. The highest BCUT2D eigenvalue weighted by atomic mass is 32.2. The molecule has 2 N–H and O–H groups in total. The van der Waals surface area contributed by atoms with Gasteiger partial charge in [0.2, 0.25) is 17.7 Å². The maximum Gasteiger partial charge on any atom is 0.288 e. The van der Waals surface area contributed by atoms with Gasteiger partial charge in [0.05, 0.1) is 23.9 Å². The van der Waals surface area contributed by atoms with Crippen LogP contribution in [-0.4, -0.2) is 76.2 Å². The van der Waals surface area contributed by atoms with E-state index in [1.807, 2.05) is 18.7 Å². The van der Waals surface area contributed by atoms with Gasteiger partial charge in [0, 0.05) is 24.5 Å². The topological polar surface area (TPSA) is 112 Å². The van der Waals surface area contributed by atoms with Gasteiger partial charge in [-0.05, 0) is 33.2 Å². The Balaban J connectivity index is 1.42. The highest BCUT2D eigenvalue weighted by molar-refractivity contribution is 8.14. The third kappa shape index (κ3) is 5.77. The number of nitrogens with zero attached hydrogens (tertiary/aromatic N) is 3. The van der Waals surface area contributed by atoms with Crippen molar-refractivity contribution in [3.05, 3.63) is 10.6 Å². The molecular formula is C18H25N5O4S2. The number of amides is 4. The number of piperidine rings is 1. The Morgan fingerprint density at radius 1 is 1.28 bits per heavy atom. The summed E-state index contributed by atoms with van der Waals surface area (Å²) in [5, 5.41) is 5.98. The fourth-order valence-corrected chi connectivity index (χ4v) is 4.92. The minimum absolute atomic E-state index is 0.104. The normalized spacial score (nSPS) is 20.2. The quantitative estimate of drug-likeness (QED) is 0.657. The van der Waals surface area contributed by atoms with Crippen molar-refractivity contribution in [3.8, 4) is 0 Å². The van der Waals surface area contributed by atoms with Crippen LogP contribution in [0.3, 0.4) is 0 Å². The second-order valence-electron chi connectivity index (χ2n) is 7.17. The summed E-state index contributed by atoms with van der Waals surface area (Å²) in [5.41, 5.74) is 0.913. The number of anilines is 1. The Morgan fingerprint density at radius 3 is 2.72 bits per heavy atom. The molecule has 2 saturated heterocycles. The lowest BCUT2D eigenvalue weighted by molar-refractivity contribution is -0.128. The molecular weight excluding hydrogens is 414 g/mol. The molecule has 2 aliphatic rings. The number of imide groups is 1. The molecule has 158 valence electrons. The van der Waals surface area contributed by atoms with E-state index in [0.29, 0.717) is 11.7 Å². The minimum atomic E-state index is -0.260. The van der Waals surface area contributed by atoms with Gasteiger partial charge in [-0.2, -0.15) is 0 Å². The van der Waals surface area contributed by atoms with Gasteiger partial charge in [0.15, 0.2) is 5.13 Å². The molecule has 0 radical (unpaired) electrons. The first-order valence-corrected chi connectivity index (χ1v) is 11.3. The summed E-state index contributed by atoms with van der Waals surface area (Å²) < 4.78 is 0. The predicted molar refractivity (Wildman–Crippen MR) is 112 cm³/mol. The number of likely N-dealkylation sites (tertiary alicyclic amines) is 1. The zero-order valence-corrected chi connectivity index (χ0v) is 18.2. The lowest BCUT2D eigenvalue weighted by Crippen LogP contribution is -2.46. The Morgan fingerprint density at radius 2 is 2.07 bits per heavy atom. The molecule has 1 aromatic heterocycles. The van der Waals surface area contributed by atoms with Crippen LogP contribution in [0, 0.1) is 19.8 Å². The van der Waals surface area contributed by atoms with E-state index in [9.17, 15) is 19.2 Å². The fourth-order valence-electron chi connectivity index (χ4n) is 3.33. The van der Waals surface area contributed by atoms with Gasteiger partial charge >= 0.3 is 0 Å². The molecule has 0 spiro atoms. The van der Waals surface area contributed by atoms with Crippen molar-refractivity contribution >= 4 is 51.2 Å². The van der Waals surface area contributed by atoms with Crippen LogP contribution < -0.4 is 10.6 Å². The Labute approximate surface area is 177 Å². The van der Waals surface area contributed by atoms with Gasteiger partial charge < -0.3 is 10.6 Å². The molecule has 0 aromatic carbocycles. The summed E-state index contributed by atoms with van der Waals surface area (Å²) in [6.45, 7) is 5.80. The van der Waals surface area contributed by atoms with Gasteiger partial charge in [-0.1, -0.05) is 11.8 Å². The van der Waals surface area contributed by atoms with Gasteiger partial charge in [-0.15, -0.1) is 11.3 Å². The van der Waals surface area contributed by atoms with Crippen LogP contribution in [0.25, 0.3) is 0 Å². The first-order valence-electron chi connectivity index (χ1n) is 9.54. The predicted octanol–water partition coefficient (Wildman–Crippen LogP) is 1.22. The number of thiazole rings is 1. The Bertz CT molecular complexity index is 777. The van der Waals surface area contributed by atoms with Crippen molar-refractivity contribution in [2.45, 2.75) is 26.7 Å². The van der Waals surface area contributed by atoms with Gasteiger partial charge in [-0.25, -0.2) is 4.98 Å². The minimum Gasteiger partial charge on any atom is -0.354 e. The number of carbonyl (C=O) groups excluding carboxylic acids is 4. The lowest BCUT2D eigenvalue weighted by atomic mass is 9.97. The molecule has 29 heavy (non-hydrogen) atoms. The van der Waals surface area contributed by atoms with E-state index in [1.165, 1.54) is 16.2 Å². The standard InChI is InChI=1S/C18H25N5O4S2/c1-11-12(2)29-17(20-11)21-14(24)9-22-6-3-4-13(8-22)16(26)19-5-7-23-15(25)10-28-18(23)27/h13H,3-10H2,1-2H3,(H,19,26)(H,20,21,24). The van der Waals surface area contributed by atoms with Crippen LogP contribution in [0.4, 0.5) is 9.93 Å². The first-order chi connectivity index (χ1) is 13.8. The number of thioether (sulfide) groups is 1. The number of hydrogen-bond donors (Lipinski definition) is 2. The SMILES string of the molecule is Cc1nc(NC(=O)CN2CCCC(C(=O)NCCN3C(=O)CSC3=O)C2)sc1C. The molecule has 2 fully saturated rings. The van der Waals surface area contributed by atoms with Gasteiger partial charge in [0.1, 0.15) is 0 Å². The zero-order chi connectivity index (χ0) is 21.0. The number of aromatic nitrogens is 1. The van der Waals surface area contributed by atoms with Crippen molar-refractivity contribution in [2.24, 2.45) is 5.92 Å².